The first-order chi connectivity index (χ1) is 11.6. The van der Waals surface area contributed by atoms with Crippen molar-refractivity contribution in [1.82, 2.24) is 4.57 Å². The van der Waals surface area contributed by atoms with Crippen LogP contribution in [-0.4, -0.2) is 22.3 Å². The van der Waals surface area contributed by atoms with Crippen molar-refractivity contribution >= 4 is 10.9 Å². The molecule has 2 atom stereocenters. The van der Waals surface area contributed by atoms with E-state index in [1.807, 2.05) is 6.07 Å². The third-order valence-corrected chi connectivity index (χ3v) is 5.03. The molecule has 0 aliphatic carbocycles. The highest BCUT2D eigenvalue weighted by Crippen LogP contribution is 2.25. The molecule has 3 heteroatoms. The lowest BCUT2D eigenvalue weighted by Crippen LogP contribution is -2.86. The summed E-state index contributed by atoms with van der Waals surface area (Å²) >= 11 is 0. The summed E-state index contributed by atoms with van der Waals surface area (Å²) in [7, 11) is 0. The second-order valence-electron chi connectivity index (χ2n) is 6.66. The van der Waals surface area contributed by atoms with Crippen LogP contribution >= 0.6 is 0 Å². The van der Waals surface area contributed by atoms with Crippen molar-refractivity contribution in [3.05, 3.63) is 71.4 Å². The maximum absolute atomic E-state index is 10.5. The van der Waals surface area contributed by atoms with Crippen LogP contribution in [0.4, 0.5) is 0 Å². The number of aliphatic hydroxyl groups is 1. The third kappa shape index (κ3) is 3.37. The molecule has 3 nitrogen and oxygen atoms in total. The minimum Gasteiger partial charge on any atom is -0.385 e. The molecule has 0 bridgehead atoms. The highest BCUT2D eigenvalue weighted by molar-refractivity contribution is 5.85. The number of hydrogen-bond donors (Lipinski definition) is 2. The lowest BCUT2D eigenvalue weighted by atomic mass is 10.1. The van der Waals surface area contributed by atoms with E-state index in [4.69, 9.17) is 0 Å². The van der Waals surface area contributed by atoms with E-state index in [0.717, 1.165) is 0 Å². The molecule has 3 aromatic rings. The predicted octanol–water partition coefficient (Wildman–Crippen LogP) is 2.94. The van der Waals surface area contributed by atoms with Crippen LogP contribution in [0.5, 0.6) is 0 Å². The van der Waals surface area contributed by atoms with Crippen molar-refractivity contribution in [3.8, 4) is 0 Å². The summed E-state index contributed by atoms with van der Waals surface area (Å²) in [5, 5.41) is 14.0. The van der Waals surface area contributed by atoms with E-state index < -0.39 is 0 Å². The average molecular weight is 323 g/mol. The highest BCUT2D eigenvalue weighted by Gasteiger charge is 2.16. The Balaban J connectivity index is 1.67. The third-order valence-electron chi connectivity index (χ3n) is 5.03. The lowest BCUT2D eigenvalue weighted by Gasteiger charge is -2.17. The second kappa shape index (κ2) is 7.20. The molecular weight excluding hydrogens is 296 g/mol. The van der Waals surface area contributed by atoms with Gasteiger partial charge in [-0.05, 0) is 32.4 Å². The summed E-state index contributed by atoms with van der Waals surface area (Å²) in [4.78, 5) is 0. The standard InChI is InChI=1S/C21H26N2O/c1-15-17(3)23(21-12-8-7-11-20(15)21)14-19(24)13-22-16(2)18-9-5-4-6-10-18/h4-12,16,19,22,24H,13-14H2,1-3H3/p+1/t16-,19+/m0/s1. The maximum Gasteiger partial charge on any atom is 0.121 e. The molecule has 1 aromatic heterocycles. The predicted molar refractivity (Wildman–Crippen MR) is 99.1 cm³/mol. The minimum atomic E-state index is -0.370. The molecule has 0 unspecified atom stereocenters. The van der Waals surface area contributed by atoms with E-state index in [1.54, 1.807) is 0 Å². The highest BCUT2D eigenvalue weighted by atomic mass is 16.3. The Morgan fingerprint density at radius 1 is 1.00 bits per heavy atom. The van der Waals surface area contributed by atoms with E-state index in [2.05, 4.69) is 79.2 Å². The van der Waals surface area contributed by atoms with Gasteiger partial charge in [-0.2, -0.15) is 0 Å². The van der Waals surface area contributed by atoms with Crippen molar-refractivity contribution in [2.24, 2.45) is 0 Å². The van der Waals surface area contributed by atoms with Gasteiger partial charge in [-0.25, -0.2) is 0 Å². The molecular formula is C21H27N2O+. The first-order valence-corrected chi connectivity index (χ1v) is 8.68. The molecule has 3 rings (SSSR count). The molecule has 0 saturated heterocycles. The van der Waals surface area contributed by atoms with Crippen LogP contribution < -0.4 is 5.32 Å². The number of rotatable bonds is 6. The molecule has 126 valence electrons. The lowest BCUT2D eigenvalue weighted by molar-refractivity contribution is -0.698. The summed E-state index contributed by atoms with van der Waals surface area (Å²) in [6.45, 7) is 7.81. The van der Waals surface area contributed by atoms with Crippen LogP contribution in [-0.2, 0) is 6.54 Å². The van der Waals surface area contributed by atoms with E-state index >= 15 is 0 Å². The summed E-state index contributed by atoms with van der Waals surface area (Å²) in [6.07, 6.45) is -0.370. The van der Waals surface area contributed by atoms with E-state index in [9.17, 15) is 5.11 Å². The molecule has 0 fully saturated rings. The Morgan fingerprint density at radius 2 is 1.67 bits per heavy atom. The van der Waals surface area contributed by atoms with Gasteiger partial charge in [0.15, 0.2) is 0 Å². The molecule has 0 radical (unpaired) electrons. The van der Waals surface area contributed by atoms with Crippen LogP contribution in [0.2, 0.25) is 0 Å². The number of quaternary nitrogens is 1. The summed E-state index contributed by atoms with van der Waals surface area (Å²) < 4.78 is 2.25. The van der Waals surface area contributed by atoms with E-state index in [0.29, 0.717) is 19.1 Å². The van der Waals surface area contributed by atoms with E-state index in [1.165, 1.54) is 27.7 Å². The number of aryl methyl sites for hydroxylation is 1. The van der Waals surface area contributed by atoms with Gasteiger partial charge in [0, 0.05) is 22.2 Å². The van der Waals surface area contributed by atoms with Crippen molar-refractivity contribution in [2.45, 2.75) is 39.5 Å². The second-order valence-corrected chi connectivity index (χ2v) is 6.66. The van der Waals surface area contributed by atoms with Crippen LogP contribution in [0, 0.1) is 13.8 Å². The normalized spacial score (nSPS) is 14.0. The topological polar surface area (TPSA) is 41.8 Å². The van der Waals surface area contributed by atoms with Crippen molar-refractivity contribution in [1.29, 1.82) is 0 Å². The van der Waals surface area contributed by atoms with Crippen LogP contribution in [0.25, 0.3) is 10.9 Å². The van der Waals surface area contributed by atoms with Crippen LogP contribution in [0.15, 0.2) is 54.6 Å². The summed E-state index contributed by atoms with van der Waals surface area (Å²) in [5.74, 6) is 0. The van der Waals surface area contributed by atoms with Gasteiger partial charge in [-0.3, -0.25) is 0 Å². The number of aromatic nitrogens is 1. The molecule has 1 heterocycles. The molecule has 0 amide bonds. The number of para-hydroxylation sites is 1. The Morgan fingerprint density at radius 3 is 2.42 bits per heavy atom. The zero-order valence-electron chi connectivity index (χ0n) is 14.7. The number of nitrogens with two attached hydrogens (primary N) is 1. The van der Waals surface area contributed by atoms with Gasteiger partial charge in [-0.1, -0.05) is 48.5 Å². The van der Waals surface area contributed by atoms with Gasteiger partial charge in [0.1, 0.15) is 18.7 Å². The molecule has 24 heavy (non-hydrogen) atoms. The Labute approximate surface area is 143 Å². The summed E-state index contributed by atoms with van der Waals surface area (Å²) in [6, 6.07) is 19.2. The number of fused-ring (bicyclic) bond motifs is 1. The van der Waals surface area contributed by atoms with Gasteiger partial charge >= 0.3 is 0 Å². The van der Waals surface area contributed by atoms with Gasteiger partial charge < -0.3 is 15.0 Å². The molecule has 0 aliphatic heterocycles. The molecule has 2 aromatic carbocycles. The number of hydrogen-bond acceptors (Lipinski definition) is 1. The number of benzene rings is 2. The van der Waals surface area contributed by atoms with E-state index in [-0.39, 0.29) is 6.10 Å². The quantitative estimate of drug-likeness (QED) is 0.719. The fourth-order valence-electron chi connectivity index (χ4n) is 3.38. The van der Waals surface area contributed by atoms with Crippen molar-refractivity contribution in [3.63, 3.8) is 0 Å². The monoisotopic (exact) mass is 323 g/mol. The van der Waals surface area contributed by atoms with Gasteiger partial charge in [0.2, 0.25) is 0 Å². The average Bonchev–Trinajstić information content (AvgIpc) is 2.86. The molecule has 0 saturated carbocycles. The number of aliphatic hydroxyl groups excluding tert-OH is 1. The Kier molecular flexibility index (Phi) is 5.03. The zero-order valence-corrected chi connectivity index (χ0v) is 14.7. The first-order valence-electron chi connectivity index (χ1n) is 8.68. The van der Waals surface area contributed by atoms with Crippen LogP contribution in [0.3, 0.4) is 0 Å². The van der Waals surface area contributed by atoms with Gasteiger partial charge in [-0.15, -0.1) is 0 Å². The maximum atomic E-state index is 10.5. The Hall–Kier alpha value is -2.10. The van der Waals surface area contributed by atoms with Crippen LogP contribution in [0.1, 0.15) is 29.8 Å². The Bertz CT molecular complexity index is 807. The van der Waals surface area contributed by atoms with Gasteiger partial charge in [0.25, 0.3) is 0 Å². The van der Waals surface area contributed by atoms with Crippen molar-refractivity contribution < 1.29 is 10.4 Å². The largest absolute Gasteiger partial charge is 0.385 e. The van der Waals surface area contributed by atoms with Gasteiger partial charge in [0.05, 0.1) is 6.54 Å². The molecule has 3 N–H and O–H groups in total. The molecule has 0 spiro atoms. The fraction of sp³-hybridized carbons (Fsp3) is 0.333. The fourth-order valence-corrected chi connectivity index (χ4v) is 3.38. The summed E-state index contributed by atoms with van der Waals surface area (Å²) in [5.41, 5.74) is 5.05. The smallest absolute Gasteiger partial charge is 0.121 e. The van der Waals surface area contributed by atoms with Crippen molar-refractivity contribution in [2.75, 3.05) is 6.54 Å². The minimum absolute atomic E-state index is 0.352. The zero-order chi connectivity index (χ0) is 17.1. The molecule has 0 aliphatic rings. The first kappa shape index (κ1) is 16.7. The SMILES string of the molecule is Cc1c(C)n(C[C@H](O)C[NH2+][C@@H](C)c2ccccc2)c2ccccc12. The number of nitrogens with zero attached hydrogens (tertiary/aromatic N) is 1.